The van der Waals surface area contributed by atoms with E-state index in [1.165, 1.54) is 0 Å². The van der Waals surface area contributed by atoms with Gasteiger partial charge in [-0.1, -0.05) is 25.0 Å². The second kappa shape index (κ2) is 11.6. The first-order valence-electron chi connectivity index (χ1n) is 11.2. The number of benzene rings is 1. The van der Waals surface area contributed by atoms with Crippen LogP contribution in [0.1, 0.15) is 65.4 Å². The number of nitrogens with zero attached hydrogens (tertiary/aromatic N) is 2. The Morgan fingerprint density at radius 1 is 0.968 bits per heavy atom. The van der Waals surface area contributed by atoms with Gasteiger partial charge in [0.25, 0.3) is 5.91 Å². The highest BCUT2D eigenvalue weighted by Crippen LogP contribution is 2.21. The third-order valence-corrected chi connectivity index (χ3v) is 7.41. The van der Waals surface area contributed by atoms with Gasteiger partial charge >= 0.3 is 5.97 Å². The molecule has 0 saturated carbocycles. The number of aryl methyl sites for hydroxylation is 1. The maximum atomic E-state index is 12.8. The zero-order valence-corrected chi connectivity index (χ0v) is 20.0. The van der Waals surface area contributed by atoms with Crippen molar-refractivity contribution in [1.82, 2.24) is 9.21 Å². The van der Waals surface area contributed by atoms with Crippen molar-refractivity contribution in [2.45, 2.75) is 83.2 Å². The molecule has 0 aliphatic carbocycles. The lowest BCUT2D eigenvalue weighted by Crippen LogP contribution is -2.44. The average molecular weight is 453 g/mol. The Morgan fingerprint density at radius 3 is 2.03 bits per heavy atom. The molecule has 174 valence electrons. The molecule has 0 atom stereocenters. The minimum Gasteiger partial charge on any atom is -0.456 e. The number of sulfonamides is 1. The SMILES string of the molecule is CC(C)N(C(=O)COC(=O)CCc1ccc(S(=O)(=O)N2CCCCCC2)cc1)C(C)C. The van der Waals surface area contributed by atoms with Crippen molar-refractivity contribution < 1.29 is 22.7 Å². The Labute approximate surface area is 186 Å². The molecule has 2 rings (SSSR count). The molecule has 0 spiro atoms. The van der Waals surface area contributed by atoms with Gasteiger partial charge in [-0.05, 0) is 64.7 Å². The van der Waals surface area contributed by atoms with Crippen molar-refractivity contribution in [3.63, 3.8) is 0 Å². The monoisotopic (exact) mass is 452 g/mol. The molecule has 1 saturated heterocycles. The van der Waals surface area contributed by atoms with E-state index in [4.69, 9.17) is 4.74 Å². The van der Waals surface area contributed by atoms with Crippen LogP contribution in [0.2, 0.25) is 0 Å². The first kappa shape index (κ1) is 25.3. The number of carbonyl (C=O) groups is 2. The summed E-state index contributed by atoms with van der Waals surface area (Å²) in [7, 11) is -3.47. The van der Waals surface area contributed by atoms with Gasteiger partial charge in [0.2, 0.25) is 10.0 Å². The standard InChI is InChI=1S/C23H36N2O5S/c1-18(2)25(19(3)4)22(26)17-30-23(27)14-11-20-9-12-21(13-10-20)31(28,29)24-15-7-5-6-8-16-24/h9-10,12-13,18-19H,5-8,11,14-17H2,1-4H3. The second-order valence-corrected chi connectivity index (χ2v) is 10.5. The zero-order chi connectivity index (χ0) is 23.0. The van der Waals surface area contributed by atoms with Crippen LogP contribution in [0.15, 0.2) is 29.2 Å². The summed E-state index contributed by atoms with van der Waals surface area (Å²) in [5.41, 5.74) is 0.851. The normalized spacial score (nSPS) is 15.7. The van der Waals surface area contributed by atoms with E-state index in [0.717, 1.165) is 31.2 Å². The maximum Gasteiger partial charge on any atom is 0.306 e. The molecule has 0 radical (unpaired) electrons. The van der Waals surface area contributed by atoms with Crippen molar-refractivity contribution in [1.29, 1.82) is 0 Å². The van der Waals surface area contributed by atoms with E-state index in [9.17, 15) is 18.0 Å². The highest BCUT2D eigenvalue weighted by atomic mass is 32.2. The third kappa shape index (κ3) is 7.31. The van der Waals surface area contributed by atoms with E-state index in [0.29, 0.717) is 19.5 Å². The lowest BCUT2D eigenvalue weighted by atomic mass is 10.1. The number of esters is 1. The molecular formula is C23H36N2O5S. The van der Waals surface area contributed by atoms with Gasteiger partial charge in [-0.15, -0.1) is 0 Å². The quantitative estimate of drug-likeness (QED) is 0.537. The van der Waals surface area contributed by atoms with Gasteiger partial charge in [0, 0.05) is 31.6 Å². The van der Waals surface area contributed by atoms with Gasteiger partial charge in [-0.3, -0.25) is 9.59 Å². The smallest absolute Gasteiger partial charge is 0.306 e. The zero-order valence-electron chi connectivity index (χ0n) is 19.2. The van der Waals surface area contributed by atoms with Gasteiger partial charge in [0.15, 0.2) is 6.61 Å². The fraction of sp³-hybridized carbons (Fsp3) is 0.652. The second-order valence-electron chi connectivity index (χ2n) is 8.61. The molecule has 1 amide bonds. The molecular weight excluding hydrogens is 416 g/mol. The highest BCUT2D eigenvalue weighted by Gasteiger charge is 2.25. The Kier molecular flexibility index (Phi) is 9.50. The van der Waals surface area contributed by atoms with E-state index < -0.39 is 16.0 Å². The summed E-state index contributed by atoms with van der Waals surface area (Å²) < 4.78 is 32.4. The van der Waals surface area contributed by atoms with Crippen LogP contribution in [-0.2, 0) is 30.8 Å². The summed E-state index contributed by atoms with van der Waals surface area (Å²) in [6.07, 6.45) is 4.49. The van der Waals surface area contributed by atoms with Crippen LogP contribution in [0.3, 0.4) is 0 Å². The highest BCUT2D eigenvalue weighted by molar-refractivity contribution is 7.89. The molecule has 1 heterocycles. The van der Waals surface area contributed by atoms with Crippen molar-refractivity contribution in [3.05, 3.63) is 29.8 Å². The summed E-state index contributed by atoms with van der Waals surface area (Å²) in [5.74, 6) is -0.650. The number of hydrogen-bond donors (Lipinski definition) is 0. The van der Waals surface area contributed by atoms with Crippen LogP contribution < -0.4 is 0 Å². The first-order valence-corrected chi connectivity index (χ1v) is 12.6. The fourth-order valence-corrected chi connectivity index (χ4v) is 5.48. The van der Waals surface area contributed by atoms with Gasteiger partial charge in [-0.25, -0.2) is 8.42 Å². The van der Waals surface area contributed by atoms with Crippen LogP contribution in [0, 0.1) is 0 Å². The Morgan fingerprint density at radius 2 is 1.52 bits per heavy atom. The molecule has 0 bridgehead atoms. The van der Waals surface area contributed by atoms with E-state index in [1.807, 2.05) is 27.7 Å². The van der Waals surface area contributed by atoms with Gasteiger partial charge < -0.3 is 9.64 Å². The lowest BCUT2D eigenvalue weighted by molar-refractivity contribution is -0.153. The molecule has 1 aromatic carbocycles. The minimum absolute atomic E-state index is 0.0373. The summed E-state index contributed by atoms with van der Waals surface area (Å²) in [4.78, 5) is 26.3. The fourth-order valence-electron chi connectivity index (χ4n) is 3.97. The molecule has 8 heteroatoms. The number of rotatable bonds is 9. The van der Waals surface area contributed by atoms with Gasteiger partial charge in [-0.2, -0.15) is 4.31 Å². The largest absolute Gasteiger partial charge is 0.456 e. The van der Waals surface area contributed by atoms with Crippen molar-refractivity contribution in [3.8, 4) is 0 Å². The van der Waals surface area contributed by atoms with E-state index in [-0.39, 0.29) is 35.9 Å². The lowest BCUT2D eigenvalue weighted by Gasteiger charge is -2.30. The molecule has 7 nitrogen and oxygen atoms in total. The molecule has 1 fully saturated rings. The molecule has 1 aliphatic heterocycles. The van der Waals surface area contributed by atoms with Crippen molar-refractivity contribution in [2.24, 2.45) is 0 Å². The minimum atomic E-state index is -3.47. The molecule has 0 N–H and O–H groups in total. The Hall–Kier alpha value is -1.93. The molecule has 0 aromatic heterocycles. The molecule has 1 aromatic rings. The third-order valence-electron chi connectivity index (χ3n) is 5.50. The van der Waals surface area contributed by atoms with Crippen LogP contribution in [0.4, 0.5) is 0 Å². The molecule has 0 unspecified atom stereocenters. The van der Waals surface area contributed by atoms with Crippen LogP contribution >= 0.6 is 0 Å². The topological polar surface area (TPSA) is 84.0 Å². The van der Waals surface area contributed by atoms with Crippen molar-refractivity contribution >= 4 is 21.9 Å². The number of hydrogen-bond acceptors (Lipinski definition) is 5. The van der Waals surface area contributed by atoms with Crippen LogP contribution in [-0.4, -0.2) is 61.3 Å². The van der Waals surface area contributed by atoms with E-state index in [1.54, 1.807) is 33.5 Å². The van der Waals surface area contributed by atoms with E-state index in [2.05, 4.69) is 0 Å². The van der Waals surface area contributed by atoms with Crippen LogP contribution in [0.5, 0.6) is 0 Å². The number of ether oxygens (including phenoxy) is 1. The Balaban J connectivity index is 1.86. The first-order chi connectivity index (χ1) is 14.6. The molecule has 1 aliphatic rings. The van der Waals surface area contributed by atoms with Gasteiger partial charge in [0.1, 0.15) is 0 Å². The van der Waals surface area contributed by atoms with Gasteiger partial charge in [0.05, 0.1) is 4.90 Å². The van der Waals surface area contributed by atoms with Crippen molar-refractivity contribution in [2.75, 3.05) is 19.7 Å². The maximum absolute atomic E-state index is 12.8. The average Bonchev–Trinajstić information content (AvgIpc) is 3.00. The van der Waals surface area contributed by atoms with Crippen LogP contribution in [0.25, 0.3) is 0 Å². The number of carbonyl (C=O) groups excluding carboxylic acids is 2. The predicted octanol–water partition coefficient (Wildman–Crippen LogP) is 3.37. The summed E-state index contributed by atoms with van der Waals surface area (Å²) >= 11 is 0. The summed E-state index contributed by atoms with van der Waals surface area (Å²) in [6.45, 7) is 8.58. The summed E-state index contributed by atoms with van der Waals surface area (Å²) in [6, 6.07) is 6.76. The molecule has 31 heavy (non-hydrogen) atoms. The number of amides is 1. The predicted molar refractivity (Wildman–Crippen MR) is 120 cm³/mol. The summed E-state index contributed by atoms with van der Waals surface area (Å²) in [5, 5.41) is 0. The Bertz CT molecular complexity index is 818. The van der Waals surface area contributed by atoms with E-state index >= 15 is 0 Å².